The fourth-order valence-corrected chi connectivity index (χ4v) is 3.71. The van der Waals surface area contributed by atoms with Crippen LogP contribution in [0.4, 0.5) is 0 Å². The van der Waals surface area contributed by atoms with Gasteiger partial charge in [0.05, 0.1) is 12.5 Å². The van der Waals surface area contributed by atoms with Crippen LogP contribution < -0.4 is 15.2 Å². The molecule has 134 valence electrons. The quantitative estimate of drug-likeness (QED) is 0.916. The minimum absolute atomic E-state index is 0.00105. The Balaban J connectivity index is 1.55. The topological polar surface area (TPSA) is 81.9 Å². The summed E-state index contributed by atoms with van der Waals surface area (Å²) >= 11 is 0. The van der Waals surface area contributed by atoms with Crippen LogP contribution >= 0.6 is 0 Å². The molecule has 1 atom stereocenters. The molecule has 0 saturated carbocycles. The highest BCUT2D eigenvalue weighted by Crippen LogP contribution is 2.39. The van der Waals surface area contributed by atoms with Crippen molar-refractivity contribution in [2.75, 3.05) is 13.3 Å². The molecule has 6 nitrogen and oxygen atoms in total. The molecule has 2 aromatic carbocycles. The van der Waals surface area contributed by atoms with Gasteiger partial charge in [0.25, 0.3) is 0 Å². The van der Waals surface area contributed by atoms with E-state index in [0.717, 1.165) is 29.9 Å². The maximum Gasteiger partial charge on any atom is 0.248 e. The summed E-state index contributed by atoms with van der Waals surface area (Å²) in [4.78, 5) is 26.4. The summed E-state index contributed by atoms with van der Waals surface area (Å²) in [6, 6.07) is 12.8. The summed E-state index contributed by atoms with van der Waals surface area (Å²) in [5, 5.41) is 0. The van der Waals surface area contributed by atoms with Crippen LogP contribution in [0.3, 0.4) is 0 Å². The number of amides is 2. The van der Waals surface area contributed by atoms with Crippen LogP contribution in [0, 0.1) is 0 Å². The zero-order chi connectivity index (χ0) is 18.1. The Kier molecular flexibility index (Phi) is 4.24. The average molecular weight is 352 g/mol. The first-order valence-electron chi connectivity index (χ1n) is 8.70. The lowest BCUT2D eigenvalue weighted by atomic mass is 10.0. The van der Waals surface area contributed by atoms with E-state index in [1.54, 1.807) is 18.2 Å². The molecule has 6 heteroatoms. The van der Waals surface area contributed by atoms with Gasteiger partial charge in [0, 0.05) is 12.1 Å². The largest absolute Gasteiger partial charge is 0.454 e. The molecule has 0 aromatic heterocycles. The van der Waals surface area contributed by atoms with Crippen molar-refractivity contribution in [1.29, 1.82) is 0 Å². The molecule has 0 radical (unpaired) electrons. The van der Waals surface area contributed by atoms with Gasteiger partial charge in [0.1, 0.15) is 0 Å². The number of hydrogen-bond acceptors (Lipinski definition) is 4. The molecular weight excluding hydrogens is 332 g/mol. The van der Waals surface area contributed by atoms with Gasteiger partial charge in [0.15, 0.2) is 11.5 Å². The molecule has 1 fully saturated rings. The number of primary amides is 1. The third-order valence-electron chi connectivity index (χ3n) is 4.98. The number of likely N-dealkylation sites (tertiary alicyclic amines) is 1. The Morgan fingerprint density at radius 1 is 1.12 bits per heavy atom. The van der Waals surface area contributed by atoms with E-state index in [9.17, 15) is 9.59 Å². The Bertz CT molecular complexity index is 865. The molecule has 2 heterocycles. The summed E-state index contributed by atoms with van der Waals surface area (Å²) in [5.41, 5.74) is 7.54. The molecule has 26 heavy (non-hydrogen) atoms. The fraction of sp³-hybridized carbons (Fsp3) is 0.300. The number of hydrogen-bond donors (Lipinski definition) is 1. The molecule has 0 bridgehead atoms. The molecule has 1 unspecified atom stereocenters. The van der Waals surface area contributed by atoms with Gasteiger partial charge in [-0.2, -0.15) is 0 Å². The van der Waals surface area contributed by atoms with Gasteiger partial charge in [-0.15, -0.1) is 0 Å². The molecule has 2 aliphatic heterocycles. The number of carbonyl (C=O) groups excluding carboxylic acids is 2. The van der Waals surface area contributed by atoms with Crippen LogP contribution in [0.1, 0.15) is 40.4 Å². The summed E-state index contributed by atoms with van der Waals surface area (Å²) in [5.74, 6) is 0.946. The second-order valence-corrected chi connectivity index (χ2v) is 6.56. The number of benzene rings is 2. The molecule has 1 saturated heterocycles. The minimum Gasteiger partial charge on any atom is -0.454 e. The molecule has 2 amide bonds. The predicted molar refractivity (Wildman–Crippen MR) is 94.9 cm³/mol. The number of ether oxygens (including phenoxy) is 2. The lowest BCUT2D eigenvalue weighted by Gasteiger charge is -2.25. The monoisotopic (exact) mass is 352 g/mol. The van der Waals surface area contributed by atoms with E-state index in [1.807, 2.05) is 29.2 Å². The van der Waals surface area contributed by atoms with E-state index in [1.165, 1.54) is 0 Å². The Morgan fingerprint density at radius 3 is 2.77 bits per heavy atom. The maximum absolute atomic E-state index is 12.9. The van der Waals surface area contributed by atoms with E-state index in [-0.39, 0.29) is 25.2 Å². The van der Waals surface area contributed by atoms with Gasteiger partial charge in [-0.3, -0.25) is 9.59 Å². The molecule has 4 rings (SSSR count). The van der Waals surface area contributed by atoms with Crippen LogP contribution in [0.5, 0.6) is 11.5 Å². The molecule has 2 aliphatic rings. The first kappa shape index (κ1) is 16.4. The normalized spacial score (nSPS) is 18.2. The van der Waals surface area contributed by atoms with Gasteiger partial charge in [-0.25, -0.2) is 0 Å². The van der Waals surface area contributed by atoms with E-state index in [4.69, 9.17) is 15.2 Å². The SMILES string of the molecule is NC(=O)c1ccccc1CC(=O)N1CCCC1c1ccc2c(c1)OCO2. The summed E-state index contributed by atoms with van der Waals surface area (Å²) < 4.78 is 10.8. The highest BCUT2D eigenvalue weighted by molar-refractivity contribution is 5.95. The predicted octanol–water partition coefficient (Wildman–Crippen LogP) is 2.42. The average Bonchev–Trinajstić information content (AvgIpc) is 3.30. The molecule has 2 N–H and O–H groups in total. The second-order valence-electron chi connectivity index (χ2n) is 6.56. The summed E-state index contributed by atoms with van der Waals surface area (Å²) in [6.45, 7) is 0.937. The van der Waals surface area contributed by atoms with Crippen LogP contribution in [0.15, 0.2) is 42.5 Å². The lowest BCUT2D eigenvalue weighted by Crippen LogP contribution is -2.32. The molecule has 0 aliphatic carbocycles. The van der Waals surface area contributed by atoms with E-state index in [0.29, 0.717) is 17.7 Å². The Morgan fingerprint density at radius 2 is 1.92 bits per heavy atom. The lowest BCUT2D eigenvalue weighted by molar-refractivity contribution is -0.131. The summed E-state index contributed by atoms with van der Waals surface area (Å²) in [6.07, 6.45) is 2.02. The van der Waals surface area contributed by atoms with Crippen LogP contribution in [0.2, 0.25) is 0 Å². The third-order valence-corrected chi connectivity index (χ3v) is 4.98. The van der Waals surface area contributed by atoms with Gasteiger partial charge in [0.2, 0.25) is 18.6 Å². The number of nitrogens with zero attached hydrogens (tertiary/aromatic N) is 1. The van der Waals surface area contributed by atoms with Crippen molar-refractivity contribution in [3.63, 3.8) is 0 Å². The number of carbonyl (C=O) groups is 2. The highest BCUT2D eigenvalue weighted by Gasteiger charge is 2.31. The van der Waals surface area contributed by atoms with Gasteiger partial charge in [-0.1, -0.05) is 24.3 Å². The first-order chi connectivity index (χ1) is 12.6. The zero-order valence-corrected chi connectivity index (χ0v) is 14.3. The zero-order valence-electron chi connectivity index (χ0n) is 14.3. The Hall–Kier alpha value is -3.02. The number of nitrogens with two attached hydrogens (primary N) is 1. The fourth-order valence-electron chi connectivity index (χ4n) is 3.71. The molecular formula is C20H20N2O4. The van der Waals surface area contributed by atoms with Gasteiger partial charge >= 0.3 is 0 Å². The third kappa shape index (κ3) is 2.98. The minimum atomic E-state index is -0.512. The van der Waals surface area contributed by atoms with Gasteiger partial charge < -0.3 is 20.1 Å². The second kappa shape index (κ2) is 6.71. The maximum atomic E-state index is 12.9. The van der Waals surface area contributed by atoms with Crippen molar-refractivity contribution >= 4 is 11.8 Å². The van der Waals surface area contributed by atoms with Crippen molar-refractivity contribution in [2.45, 2.75) is 25.3 Å². The molecule has 2 aromatic rings. The van der Waals surface area contributed by atoms with Crippen molar-refractivity contribution in [1.82, 2.24) is 4.90 Å². The highest BCUT2D eigenvalue weighted by atomic mass is 16.7. The first-order valence-corrected chi connectivity index (χ1v) is 8.70. The van der Waals surface area contributed by atoms with Crippen molar-refractivity contribution < 1.29 is 19.1 Å². The van der Waals surface area contributed by atoms with E-state index in [2.05, 4.69) is 0 Å². The van der Waals surface area contributed by atoms with E-state index < -0.39 is 5.91 Å². The number of fused-ring (bicyclic) bond motifs is 1. The Labute approximate surface area is 151 Å². The van der Waals surface area contributed by atoms with Crippen LogP contribution in [-0.2, 0) is 11.2 Å². The smallest absolute Gasteiger partial charge is 0.248 e. The van der Waals surface area contributed by atoms with Crippen molar-refractivity contribution in [3.05, 3.63) is 59.2 Å². The standard InChI is InChI=1S/C20H20N2O4/c21-20(24)15-5-2-1-4-13(15)11-19(23)22-9-3-6-16(22)14-7-8-17-18(10-14)26-12-25-17/h1-2,4-5,7-8,10,16H,3,6,9,11-12H2,(H2,21,24). The van der Waals surface area contributed by atoms with Crippen molar-refractivity contribution in [3.8, 4) is 11.5 Å². The molecule has 0 spiro atoms. The van der Waals surface area contributed by atoms with Crippen LogP contribution in [-0.4, -0.2) is 30.1 Å². The van der Waals surface area contributed by atoms with Crippen LogP contribution in [0.25, 0.3) is 0 Å². The van der Waals surface area contributed by atoms with Crippen molar-refractivity contribution in [2.24, 2.45) is 5.73 Å². The number of rotatable bonds is 4. The van der Waals surface area contributed by atoms with E-state index >= 15 is 0 Å². The summed E-state index contributed by atoms with van der Waals surface area (Å²) in [7, 11) is 0. The van der Waals surface area contributed by atoms with Gasteiger partial charge in [-0.05, 0) is 42.2 Å².